The van der Waals surface area contributed by atoms with Crippen LogP contribution >= 0.6 is 0 Å². The van der Waals surface area contributed by atoms with E-state index in [0.29, 0.717) is 0 Å². The van der Waals surface area contributed by atoms with Gasteiger partial charge in [-0.15, -0.1) is 0 Å². The molecule has 130 valence electrons. The van der Waals surface area contributed by atoms with Gasteiger partial charge in [0.2, 0.25) is 5.91 Å². The summed E-state index contributed by atoms with van der Waals surface area (Å²) >= 11 is 0. The first-order valence-electron chi connectivity index (χ1n) is 7.47. The van der Waals surface area contributed by atoms with Crippen LogP contribution in [0.5, 0.6) is 0 Å². The predicted molar refractivity (Wildman–Crippen MR) is 90.5 cm³/mol. The van der Waals surface area contributed by atoms with Gasteiger partial charge in [-0.3, -0.25) is 4.79 Å². The Morgan fingerprint density at radius 1 is 1.23 bits per heavy atom. The van der Waals surface area contributed by atoms with E-state index >= 15 is 0 Å². The molecule has 0 unspecified atom stereocenters. The number of hydrogen-bond donors (Lipinski definition) is 1. The van der Waals surface area contributed by atoms with Crippen molar-refractivity contribution < 1.29 is 22.6 Å². The van der Waals surface area contributed by atoms with E-state index in [1.807, 2.05) is 13.8 Å². The molecule has 0 saturated heterocycles. The van der Waals surface area contributed by atoms with Crippen LogP contribution in [0.1, 0.15) is 20.3 Å². The number of likely N-dealkylation sites (N-methyl/N-ethyl adjacent to an activating group) is 1. The smallest absolute Gasteiger partial charge is 0.377 e. The molecule has 0 aliphatic rings. The zero-order valence-corrected chi connectivity index (χ0v) is 16.2. The highest BCUT2D eigenvalue weighted by Gasteiger charge is 2.38. The van der Waals surface area contributed by atoms with Crippen molar-refractivity contribution in [3.05, 3.63) is 12.7 Å². The maximum absolute atomic E-state index is 11.5. The highest BCUT2D eigenvalue weighted by molar-refractivity contribution is 6.60. The zero-order valence-electron chi connectivity index (χ0n) is 15.2. The normalized spacial score (nSPS) is 13.0. The molecule has 0 radical (unpaired) electrons. The average molecular weight is 334 g/mol. The van der Waals surface area contributed by atoms with Crippen LogP contribution in [0, 0.1) is 0 Å². The highest BCUT2D eigenvalue weighted by atomic mass is 28.4. The van der Waals surface area contributed by atoms with Gasteiger partial charge in [0.15, 0.2) is 0 Å². The molecule has 0 saturated carbocycles. The van der Waals surface area contributed by atoms with E-state index in [-0.39, 0.29) is 11.4 Å². The van der Waals surface area contributed by atoms with Gasteiger partial charge in [-0.1, -0.05) is 6.58 Å². The molecule has 7 heteroatoms. The number of rotatable bonds is 11. The van der Waals surface area contributed by atoms with Gasteiger partial charge < -0.3 is 23.1 Å². The summed E-state index contributed by atoms with van der Waals surface area (Å²) in [6.07, 6.45) is 2.23. The SMILES string of the molecule is C=CC(=O)NC(C)(C)C[N+](C)(C)CCC[Si](OC)(OC)OC. The topological polar surface area (TPSA) is 56.8 Å². The molecule has 1 amide bonds. The Bertz CT molecular complexity index is 360. The second kappa shape index (κ2) is 8.78. The second-order valence-electron chi connectivity index (χ2n) is 6.79. The van der Waals surface area contributed by atoms with Crippen molar-refractivity contribution in [3.8, 4) is 0 Å². The Labute approximate surface area is 136 Å². The third-order valence-corrected chi connectivity index (χ3v) is 6.48. The van der Waals surface area contributed by atoms with Crippen LogP contribution in [-0.2, 0) is 18.1 Å². The summed E-state index contributed by atoms with van der Waals surface area (Å²) in [6.45, 7) is 9.29. The lowest BCUT2D eigenvalue weighted by molar-refractivity contribution is -0.893. The number of nitrogens with one attached hydrogen (secondary N) is 1. The minimum Gasteiger partial charge on any atom is -0.377 e. The van der Waals surface area contributed by atoms with E-state index in [9.17, 15) is 4.79 Å². The summed E-state index contributed by atoms with van der Waals surface area (Å²) in [5.74, 6) is -0.144. The number of hydrogen-bond acceptors (Lipinski definition) is 4. The number of carbonyl (C=O) groups excluding carboxylic acids is 1. The molecule has 0 aliphatic heterocycles. The van der Waals surface area contributed by atoms with E-state index in [1.54, 1.807) is 21.3 Å². The van der Waals surface area contributed by atoms with Gasteiger partial charge in [0.1, 0.15) is 6.54 Å². The number of carbonyl (C=O) groups is 1. The van der Waals surface area contributed by atoms with Crippen LogP contribution in [0.2, 0.25) is 6.04 Å². The molecule has 0 aromatic heterocycles. The molecule has 0 rings (SSSR count). The Morgan fingerprint density at radius 2 is 1.73 bits per heavy atom. The quantitative estimate of drug-likeness (QED) is 0.353. The van der Waals surface area contributed by atoms with Crippen molar-refractivity contribution in [2.45, 2.75) is 31.9 Å². The number of nitrogens with zero attached hydrogens (tertiary/aromatic N) is 1. The first-order chi connectivity index (χ1) is 10.1. The van der Waals surface area contributed by atoms with Crippen molar-refractivity contribution in [2.24, 2.45) is 0 Å². The average Bonchev–Trinajstić information content (AvgIpc) is 2.42. The van der Waals surface area contributed by atoms with E-state index in [0.717, 1.165) is 30.0 Å². The van der Waals surface area contributed by atoms with Gasteiger partial charge in [0, 0.05) is 33.8 Å². The standard InChI is InChI=1S/C15H32N2O4Si/c1-9-14(18)16-15(2,3)13-17(4,5)11-10-12-22(19-6,20-7)21-8/h9H,1,10-13H2,2-8H3/p+1. The Hall–Kier alpha value is -0.733. The molecule has 1 N–H and O–H groups in total. The van der Waals surface area contributed by atoms with Crippen molar-refractivity contribution in [3.63, 3.8) is 0 Å². The van der Waals surface area contributed by atoms with E-state index < -0.39 is 8.80 Å². The fourth-order valence-electron chi connectivity index (χ4n) is 2.85. The maximum Gasteiger partial charge on any atom is 0.500 e. The van der Waals surface area contributed by atoms with Crippen LogP contribution < -0.4 is 5.32 Å². The van der Waals surface area contributed by atoms with Gasteiger partial charge in [-0.05, 0) is 19.9 Å². The minimum absolute atomic E-state index is 0.144. The lowest BCUT2D eigenvalue weighted by Crippen LogP contribution is -2.57. The Balaban J connectivity index is 4.52. The highest BCUT2D eigenvalue weighted by Crippen LogP contribution is 2.18. The third-order valence-electron chi connectivity index (χ3n) is 3.65. The first-order valence-corrected chi connectivity index (χ1v) is 9.40. The molecule has 0 heterocycles. The largest absolute Gasteiger partial charge is 0.500 e. The van der Waals surface area contributed by atoms with Crippen molar-refractivity contribution in [1.29, 1.82) is 0 Å². The van der Waals surface area contributed by atoms with Crippen molar-refractivity contribution in [2.75, 3.05) is 48.5 Å². The maximum atomic E-state index is 11.5. The van der Waals surface area contributed by atoms with Gasteiger partial charge in [0.25, 0.3) is 0 Å². The Kier molecular flexibility index (Phi) is 8.49. The molecule has 0 spiro atoms. The van der Waals surface area contributed by atoms with E-state index in [1.165, 1.54) is 6.08 Å². The van der Waals surface area contributed by atoms with E-state index in [2.05, 4.69) is 26.0 Å². The lowest BCUT2D eigenvalue weighted by Gasteiger charge is -2.38. The molecule has 0 fully saturated rings. The lowest BCUT2D eigenvalue weighted by atomic mass is 10.0. The van der Waals surface area contributed by atoms with Crippen LogP contribution in [-0.4, -0.2) is 73.2 Å². The third kappa shape index (κ3) is 7.51. The second-order valence-corrected chi connectivity index (χ2v) is 9.88. The number of amides is 1. The molecule has 6 nitrogen and oxygen atoms in total. The first kappa shape index (κ1) is 21.3. The monoisotopic (exact) mass is 333 g/mol. The molecule has 22 heavy (non-hydrogen) atoms. The molecule has 0 aromatic rings. The van der Waals surface area contributed by atoms with E-state index in [4.69, 9.17) is 13.3 Å². The number of quaternary nitrogens is 1. The van der Waals surface area contributed by atoms with Gasteiger partial charge in [0.05, 0.1) is 26.2 Å². The molecule has 0 aromatic carbocycles. The fourth-order valence-corrected chi connectivity index (χ4v) is 4.56. The molecule has 0 atom stereocenters. The summed E-state index contributed by atoms with van der Waals surface area (Å²) in [5.41, 5.74) is -0.299. The summed E-state index contributed by atoms with van der Waals surface area (Å²) in [7, 11) is 6.70. The van der Waals surface area contributed by atoms with Gasteiger partial charge in [-0.2, -0.15) is 0 Å². The van der Waals surface area contributed by atoms with Crippen molar-refractivity contribution >= 4 is 14.7 Å². The van der Waals surface area contributed by atoms with Crippen molar-refractivity contribution in [1.82, 2.24) is 5.32 Å². The fraction of sp³-hybridized carbons (Fsp3) is 0.800. The summed E-state index contributed by atoms with van der Waals surface area (Å²) in [5, 5.41) is 2.96. The molecular formula is C15H33N2O4Si+. The molecular weight excluding hydrogens is 300 g/mol. The van der Waals surface area contributed by atoms with Gasteiger partial charge >= 0.3 is 8.80 Å². The molecule has 0 aliphatic carbocycles. The van der Waals surface area contributed by atoms with Crippen LogP contribution in [0.4, 0.5) is 0 Å². The Morgan fingerprint density at radius 3 is 2.14 bits per heavy atom. The van der Waals surface area contributed by atoms with Crippen LogP contribution in [0.15, 0.2) is 12.7 Å². The molecule has 0 bridgehead atoms. The summed E-state index contributed by atoms with van der Waals surface area (Å²) in [4.78, 5) is 11.5. The predicted octanol–water partition coefficient (Wildman–Crippen LogP) is 1.41. The summed E-state index contributed by atoms with van der Waals surface area (Å²) < 4.78 is 17.1. The van der Waals surface area contributed by atoms with Crippen LogP contribution in [0.3, 0.4) is 0 Å². The van der Waals surface area contributed by atoms with Gasteiger partial charge in [-0.25, -0.2) is 0 Å². The summed E-state index contributed by atoms with van der Waals surface area (Å²) in [6, 6.07) is 0.775. The minimum atomic E-state index is -2.50. The van der Waals surface area contributed by atoms with Crippen LogP contribution in [0.25, 0.3) is 0 Å². The zero-order chi connectivity index (χ0) is 17.4.